The fourth-order valence-electron chi connectivity index (χ4n) is 2.88. The molecule has 3 rings (SSSR count). The maximum atomic E-state index is 12.5. The lowest BCUT2D eigenvalue weighted by Crippen LogP contribution is -2.48. The first-order valence-corrected chi connectivity index (χ1v) is 10.6. The van der Waals surface area contributed by atoms with E-state index in [0.29, 0.717) is 10.9 Å². The minimum absolute atomic E-state index is 0.131. The highest BCUT2D eigenvalue weighted by atomic mass is 32.2. The van der Waals surface area contributed by atoms with Crippen LogP contribution in [0.5, 0.6) is 0 Å². The van der Waals surface area contributed by atoms with Crippen LogP contribution in [0.1, 0.15) is 31.5 Å². The molecule has 26 heavy (non-hydrogen) atoms. The zero-order valence-electron chi connectivity index (χ0n) is 15.5. The standard InChI is InChI=1S/C17H26N6OS2/c1-17(2,3)15-19-20-16(23(15)18)26-12-14(24)22-8-6-21(7-9-22)11-13-5-4-10-25-13/h4-5,10H,6-9,11-12,18H2,1-3H3. The SMILES string of the molecule is CC(C)(C)c1nnc(SCC(=O)N2CCN(Cc3cccs3)CC2)n1N. The van der Waals surface area contributed by atoms with Crippen LogP contribution in [0, 0.1) is 0 Å². The molecule has 9 heteroatoms. The van der Waals surface area contributed by atoms with Gasteiger partial charge >= 0.3 is 0 Å². The molecule has 7 nitrogen and oxygen atoms in total. The first-order chi connectivity index (χ1) is 12.3. The molecule has 0 radical (unpaired) electrons. The number of hydrogen-bond donors (Lipinski definition) is 1. The Balaban J connectivity index is 1.47. The van der Waals surface area contributed by atoms with Gasteiger partial charge in [-0.3, -0.25) is 9.69 Å². The van der Waals surface area contributed by atoms with Crippen molar-refractivity contribution in [2.45, 2.75) is 37.9 Å². The largest absolute Gasteiger partial charge is 0.339 e. The number of thioether (sulfide) groups is 1. The van der Waals surface area contributed by atoms with Crippen molar-refractivity contribution in [3.8, 4) is 0 Å². The van der Waals surface area contributed by atoms with Crippen LogP contribution in [-0.2, 0) is 16.8 Å². The molecule has 1 fully saturated rings. The molecule has 3 heterocycles. The van der Waals surface area contributed by atoms with Crippen LogP contribution in [0.3, 0.4) is 0 Å². The maximum Gasteiger partial charge on any atom is 0.233 e. The van der Waals surface area contributed by atoms with Gasteiger partial charge in [0.25, 0.3) is 0 Å². The molecule has 0 spiro atoms. The summed E-state index contributed by atoms with van der Waals surface area (Å²) in [6.07, 6.45) is 0. The number of rotatable bonds is 5. The van der Waals surface area contributed by atoms with Crippen molar-refractivity contribution in [3.05, 3.63) is 28.2 Å². The summed E-state index contributed by atoms with van der Waals surface area (Å²) in [6.45, 7) is 10.5. The third-order valence-electron chi connectivity index (χ3n) is 4.34. The molecule has 2 N–H and O–H groups in total. The normalized spacial score (nSPS) is 16.2. The van der Waals surface area contributed by atoms with Crippen LogP contribution in [0.15, 0.2) is 22.7 Å². The Morgan fingerprint density at radius 1 is 1.27 bits per heavy atom. The Morgan fingerprint density at radius 2 is 2.00 bits per heavy atom. The molecule has 0 unspecified atom stereocenters. The van der Waals surface area contributed by atoms with Gasteiger partial charge in [0.15, 0.2) is 5.82 Å². The van der Waals surface area contributed by atoms with Crippen LogP contribution in [0.4, 0.5) is 0 Å². The van der Waals surface area contributed by atoms with Gasteiger partial charge in [-0.2, -0.15) is 0 Å². The van der Waals surface area contributed by atoms with E-state index in [-0.39, 0.29) is 11.3 Å². The predicted molar refractivity (Wildman–Crippen MR) is 106 cm³/mol. The first-order valence-electron chi connectivity index (χ1n) is 8.71. The third-order valence-corrected chi connectivity index (χ3v) is 6.13. The maximum absolute atomic E-state index is 12.5. The van der Waals surface area contributed by atoms with Crippen LogP contribution in [0.2, 0.25) is 0 Å². The molecule has 0 bridgehead atoms. The lowest BCUT2D eigenvalue weighted by Gasteiger charge is -2.34. The van der Waals surface area contributed by atoms with E-state index < -0.39 is 0 Å². The Hall–Kier alpha value is -1.58. The van der Waals surface area contributed by atoms with Gasteiger partial charge in [0.05, 0.1) is 5.75 Å². The fraction of sp³-hybridized carbons (Fsp3) is 0.588. The zero-order chi connectivity index (χ0) is 18.7. The molecule has 142 valence electrons. The highest BCUT2D eigenvalue weighted by molar-refractivity contribution is 7.99. The summed E-state index contributed by atoms with van der Waals surface area (Å²) in [5.74, 6) is 7.26. The molecular formula is C17H26N6OS2. The topological polar surface area (TPSA) is 80.3 Å². The Kier molecular flexibility index (Phi) is 5.89. The van der Waals surface area contributed by atoms with Gasteiger partial charge in [0, 0.05) is 43.0 Å². The van der Waals surface area contributed by atoms with Crippen LogP contribution in [0.25, 0.3) is 0 Å². The van der Waals surface area contributed by atoms with E-state index in [0.717, 1.165) is 38.5 Å². The van der Waals surface area contributed by atoms with E-state index in [1.807, 2.05) is 25.7 Å². The van der Waals surface area contributed by atoms with Crippen molar-refractivity contribution in [3.63, 3.8) is 0 Å². The number of carbonyl (C=O) groups is 1. The molecule has 2 aromatic heterocycles. The number of carbonyl (C=O) groups excluding carboxylic acids is 1. The van der Waals surface area contributed by atoms with Crippen LogP contribution < -0.4 is 5.84 Å². The number of nitrogens with zero attached hydrogens (tertiary/aromatic N) is 5. The lowest BCUT2D eigenvalue weighted by molar-refractivity contribution is -0.130. The predicted octanol–water partition coefficient (Wildman–Crippen LogP) is 1.79. The van der Waals surface area contributed by atoms with Gasteiger partial charge in [-0.1, -0.05) is 38.6 Å². The van der Waals surface area contributed by atoms with Crippen molar-refractivity contribution in [1.82, 2.24) is 24.7 Å². The van der Waals surface area contributed by atoms with Crippen LogP contribution >= 0.6 is 23.1 Å². The number of nitrogens with two attached hydrogens (primary N) is 1. The van der Waals surface area contributed by atoms with Gasteiger partial charge in [-0.25, -0.2) is 4.68 Å². The second kappa shape index (κ2) is 7.98. The molecule has 0 aromatic carbocycles. The van der Waals surface area contributed by atoms with Crippen molar-refractivity contribution < 1.29 is 4.79 Å². The van der Waals surface area contributed by atoms with E-state index in [1.54, 1.807) is 11.3 Å². The third kappa shape index (κ3) is 4.57. The summed E-state index contributed by atoms with van der Waals surface area (Å²) >= 11 is 3.13. The molecule has 0 aliphatic carbocycles. The average molecular weight is 395 g/mol. The Morgan fingerprint density at radius 3 is 2.58 bits per heavy atom. The van der Waals surface area contributed by atoms with E-state index in [4.69, 9.17) is 5.84 Å². The van der Waals surface area contributed by atoms with Crippen molar-refractivity contribution in [2.24, 2.45) is 0 Å². The van der Waals surface area contributed by atoms with E-state index in [2.05, 4.69) is 32.6 Å². The Bertz CT molecular complexity index is 729. The molecule has 1 aliphatic heterocycles. The monoisotopic (exact) mass is 394 g/mol. The fourth-order valence-corrected chi connectivity index (χ4v) is 4.39. The molecule has 2 aromatic rings. The molecule has 1 saturated heterocycles. The quantitative estimate of drug-likeness (QED) is 0.615. The summed E-state index contributed by atoms with van der Waals surface area (Å²) in [7, 11) is 0. The minimum Gasteiger partial charge on any atom is -0.339 e. The number of thiophene rings is 1. The smallest absolute Gasteiger partial charge is 0.233 e. The van der Waals surface area contributed by atoms with Crippen molar-refractivity contribution in [1.29, 1.82) is 0 Å². The number of aromatic nitrogens is 3. The van der Waals surface area contributed by atoms with E-state index in [1.165, 1.54) is 21.3 Å². The highest BCUT2D eigenvalue weighted by Crippen LogP contribution is 2.23. The van der Waals surface area contributed by atoms with E-state index in [9.17, 15) is 4.79 Å². The van der Waals surface area contributed by atoms with Gasteiger partial charge in [-0.05, 0) is 11.4 Å². The average Bonchev–Trinajstić information content (AvgIpc) is 3.22. The number of hydrogen-bond acceptors (Lipinski definition) is 7. The molecule has 0 atom stereocenters. The van der Waals surface area contributed by atoms with Crippen molar-refractivity contribution in [2.75, 3.05) is 37.8 Å². The summed E-state index contributed by atoms with van der Waals surface area (Å²) in [4.78, 5) is 18.2. The number of amides is 1. The minimum atomic E-state index is -0.177. The summed E-state index contributed by atoms with van der Waals surface area (Å²) in [5.41, 5.74) is -0.177. The zero-order valence-corrected chi connectivity index (χ0v) is 17.1. The van der Waals surface area contributed by atoms with Gasteiger partial charge in [0.2, 0.25) is 11.1 Å². The molecule has 0 saturated carbocycles. The van der Waals surface area contributed by atoms with Gasteiger partial charge in [-0.15, -0.1) is 21.5 Å². The van der Waals surface area contributed by atoms with Crippen molar-refractivity contribution >= 4 is 29.0 Å². The number of piperazine rings is 1. The highest BCUT2D eigenvalue weighted by Gasteiger charge is 2.25. The first kappa shape index (κ1) is 19.2. The van der Waals surface area contributed by atoms with Gasteiger partial charge in [0.1, 0.15) is 0 Å². The number of nitrogen functional groups attached to an aromatic ring is 1. The van der Waals surface area contributed by atoms with E-state index >= 15 is 0 Å². The summed E-state index contributed by atoms with van der Waals surface area (Å²) in [6, 6.07) is 4.24. The second-order valence-electron chi connectivity index (χ2n) is 7.45. The molecular weight excluding hydrogens is 368 g/mol. The molecule has 1 aliphatic rings. The summed E-state index contributed by atoms with van der Waals surface area (Å²) in [5, 5.41) is 11.0. The lowest BCUT2D eigenvalue weighted by atomic mass is 9.96. The Labute approximate surface area is 162 Å². The summed E-state index contributed by atoms with van der Waals surface area (Å²) < 4.78 is 1.50. The second-order valence-corrected chi connectivity index (χ2v) is 9.43. The molecule has 1 amide bonds. The van der Waals surface area contributed by atoms with Gasteiger partial charge < -0.3 is 10.7 Å². The van der Waals surface area contributed by atoms with Crippen LogP contribution in [-0.4, -0.2) is 62.5 Å².